The lowest BCUT2D eigenvalue weighted by atomic mass is 10.2. The predicted molar refractivity (Wildman–Crippen MR) is 66.9 cm³/mol. The minimum Gasteiger partial charge on any atom is -0.282 e. The molecule has 1 heterocycles. The van der Waals surface area contributed by atoms with Gasteiger partial charge in [0.15, 0.2) is 0 Å². The molecule has 0 aliphatic carbocycles. The Bertz CT molecular complexity index is 513. The number of hydrogen-bond acceptors (Lipinski definition) is 2. The SMILES string of the molecule is CCCCn1cnn(Cc2ccccc2)c1=O. The lowest BCUT2D eigenvalue weighted by molar-refractivity contribution is 0.587. The van der Waals surface area contributed by atoms with Gasteiger partial charge < -0.3 is 0 Å². The molecular formula is C13H17N3O. The number of aromatic nitrogens is 3. The van der Waals surface area contributed by atoms with Gasteiger partial charge >= 0.3 is 5.69 Å². The van der Waals surface area contributed by atoms with Gasteiger partial charge in [-0.25, -0.2) is 9.48 Å². The van der Waals surface area contributed by atoms with E-state index in [1.54, 1.807) is 10.9 Å². The van der Waals surface area contributed by atoms with Crippen molar-refractivity contribution < 1.29 is 0 Å². The number of unbranched alkanes of at least 4 members (excludes halogenated alkanes) is 1. The summed E-state index contributed by atoms with van der Waals surface area (Å²) in [6, 6.07) is 9.89. The second-order valence-electron chi connectivity index (χ2n) is 4.10. The smallest absolute Gasteiger partial charge is 0.282 e. The summed E-state index contributed by atoms with van der Waals surface area (Å²) in [5.41, 5.74) is 1.07. The third-order valence-electron chi connectivity index (χ3n) is 2.72. The van der Waals surface area contributed by atoms with Gasteiger partial charge in [-0.05, 0) is 12.0 Å². The molecule has 0 fully saturated rings. The first-order valence-corrected chi connectivity index (χ1v) is 5.97. The van der Waals surface area contributed by atoms with E-state index in [0.717, 1.165) is 24.9 Å². The van der Waals surface area contributed by atoms with Gasteiger partial charge in [0.1, 0.15) is 6.33 Å². The van der Waals surface area contributed by atoms with Crippen molar-refractivity contribution in [3.8, 4) is 0 Å². The number of nitrogens with zero attached hydrogens (tertiary/aromatic N) is 3. The molecule has 0 unspecified atom stereocenters. The van der Waals surface area contributed by atoms with Crippen LogP contribution in [0, 0.1) is 0 Å². The number of aryl methyl sites for hydroxylation is 1. The number of hydrogen-bond donors (Lipinski definition) is 0. The van der Waals surface area contributed by atoms with E-state index in [0.29, 0.717) is 6.54 Å². The lowest BCUT2D eigenvalue weighted by Crippen LogP contribution is -2.25. The molecule has 2 rings (SSSR count). The summed E-state index contributed by atoms with van der Waals surface area (Å²) >= 11 is 0. The van der Waals surface area contributed by atoms with Crippen molar-refractivity contribution in [2.45, 2.75) is 32.9 Å². The molecule has 0 radical (unpaired) electrons. The maximum Gasteiger partial charge on any atom is 0.346 e. The van der Waals surface area contributed by atoms with Gasteiger partial charge in [0.25, 0.3) is 0 Å². The second-order valence-corrected chi connectivity index (χ2v) is 4.10. The minimum absolute atomic E-state index is 0.0256. The molecule has 0 spiro atoms. The molecule has 90 valence electrons. The summed E-state index contributed by atoms with van der Waals surface area (Å²) in [5.74, 6) is 0. The zero-order valence-electron chi connectivity index (χ0n) is 10.0. The van der Waals surface area contributed by atoms with Crippen molar-refractivity contribution >= 4 is 0 Å². The van der Waals surface area contributed by atoms with Gasteiger partial charge in [0.05, 0.1) is 6.54 Å². The fourth-order valence-corrected chi connectivity index (χ4v) is 1.72. The van der Waals surface area contributed by atoms with Crippen molar-refractivity contribution in [1.82, 2.24) is 14.3 Å². The zero-order chi connectivity index (χ0) is 12.1. The Labute approximate surface area is 101 Å². The lowest BCUT2D eigenvalue weighted by Gasteiger charge is -2.00. The predicted octanol–water partition coefficient (Wildman–Crippen LogP) is 1.89. The molecule has 2 aromatic rings. The van der Waals surface area contributed by atoms with Crippen LogP contribution in [0.4, 0.5) is 0 Å². The quantitative estimate of drug-likeness (QED) is 0.788. The fourth-order valence-electron chi connectivity index (χ4n) is 1.72. The molecule has 17 heavy (non-hydrogen) atoms. The van der Waals surface area contributed by atoms with E-state index in [1.807, 2.05) is 30.3 Å². The van der Waals surface area contributed by atoms with Crippen LogP contribution in [0.5, 0.6) is 0 Å². The van der Waals surface area contributed by atoms with Gasteiger partial charge in [-0.2, -0.15) is 5.10 Å². The van der Waals surface area contributed by atoms with E-state index in [9.17, 15) is 4.79 Å². The molecule has 1 aromatic carbocycles. The Morgan fingerprint density at radius 1 is 1.24 bits per heavy atom. The third-order valence-corrected chi connectivity index (χ3v) is 2.72. The third kappa shape index (κ3) is 2.84. The van der Waals surface area contributed by atoms with Crippen molar-refractivity contribution in [3.63, 3.8) is 0 Å². The van der Waals surface area contributed by atoms with Crippen LogP contribution in [-0.4, -0.2) is 14.3 Å². The Morgan fingerprint density at radius 2 is 2.00 bits per heavy atom. The van der Waals surface area contributed by atoms with E-state index in [4.69, 9.17) is 0 Å². The molecule has 0 N–H and O–H groups in total. The van der Waals surface area contributed by atoms with Crippen LogP contribution in [0.3, 0.4) is 0 Å². The Morgan fingerprint density at radius 3 is 2.71 bits per heavy atom. The average Bonchev–Trinajstić information content (AvgIpc) is 2.70. The molecular weight excluding hydrogens is 214 g/mol. The summed E-state index contributed by atoms with van der Waals surface area (Å²) in [5, 5.41) is 4.13. The molecule has 0 saturated carbocycles. The van der Waals surface area contributed by atoms with Crippen molar-refractivity contribution in [2.75, 3.05) is 0 Å². The number of benzene rings is 1. The summed E-state index contributed by atoms with van der Waals surface area (Å²) in [6.07, 6.45) is 3.72. The molecule has 4 heteroatoms. The summed E-state index contributed by atoms with van der Waals surface area (Å²) < 4.78 is 3.18. The molecule has 0 bridgehead atoms. The summed E-state index contributed by atoms with van der Waals surface area (Å²) in [6.45, 7) is 3.41. The van der Waals surface area contributed by atoms with Crippen LogP contribution in [0.1, 0.15) is 25.3 Å². The normalized spacial score (nSPS) is 10.6. The highest BCUT2D eigenvalue weighted by atomic mass is 16.2. The maximum absolute atomic E-state index is 11.9. The highest BCUT2D eigenvalue weighted by Gasteiger charge is 2.04. The monoisotopic (exact) mass is 231 g/mol. The molecule has 0 atom stereocenters. The van der Waals surface area contributed by atoms with E-state index in [1.165, 1.54) is 4.68 Å². The first-order chi connectivity index (χ1) is 8.31. The van der Waals surface area contributed by atoms with Crippen LogP contribution in [0.2, 0.25) is 0 Å². The largest absolute Gasteiger partial charge is 0.346 e. The second kappa shape index (κ2) is 5.48. The Kier molecular flexibility index (Phi) is 3.75. The molecule has 0 saturated heterocycles. The minimum atomic E-state index is -0.0256. The zero-order valence-corrected chi connectivity index (χ0v) is 10.0. The van der Waals surface area contributed by atoms with Crippen LogP contribution < -0.4 is 5.69 Å². The molecule has 0 aliphatic rings. The molecule has 4 nitrogen and oxygen atoms in total. The van der Waals surface area contributed by atoms with Gasteiger partial charge in [-0.1, -0.05) is 43.7 Å². The molecule has 0 amide bonds. The fraction of sp³-hybridized carbons (Fsp3) is 0.385. The van der Waals surface area contributed by atoms with Gasteiger partial charge in [-0.15, -0.1) is 0 Å². The van der Waals surface area contributed by atoms with Crippen LogP contribution in [0.15, 0.2) is 41.5 Å². The highest BCUT2D eigenvalue weighted by molar-refractivity contribution is 5.14. The molecule has 0 aliphatic heterocycles. The maximum atomic E-state index is 11.9. The van der Waals surface area contributed by atoms with Gasteiger partial charge in [0, 0.05) is 6.54 Å². The highest BCUT2D eigenvalue weighted by Crippen LogP contribution is 1.99. The van der Waals surface area contributed by atoms with Crippen molar-refractivity contribution in [1.29, 1.82) is 0 Å². The van der Waals surface area contributed by atoms with E-state index in [2.05, 4.69) is 12.0 Å². The van der Waals surface area contributed by atoms with E-state index in [-0.39, 0.29) is 5.69 Å². The molecule has 1 aromatic heterocycles. The number of rotatable bonds is 5. The average molecular weight is 231 g/mol. The summed E-state index contributed by atoms with van der Waals surface area (Å²) in [4.78, 5) is 11.9. The first-order valence-electron chi connectivity index (χ1n) is 5.97. The Balaban J connectivity index is 2.12. The first kappa shape index (κ1) is 11.6. The standard InChI is InChI=1S/C13H17N3O/c1-2-3-9-15-11-14-16(13(15)17)10-12-7-5-4-6-8-12/h4-8,11H,2-3,9-10H2,1H3. The van der Waals surface area contributed by atoms with Gasteiger partial charge in [0.2, 0.25) is 0 Å². The van der Waals surface area contributed by atoms with Gasteiger partial charge in [-0.3, -0.25) is 4.57 Å². The van der Waals surface area contributed by atoms with Crippen molar-refractivity contribution in [3.05, 3.63) is 52.7 Å². The Hall–Kier alpha value is -1.84. The van der Waals surface area contributed by atoms with E-state index < -0.39 is 0 Å². The summed E-state index contributed by atoms with van der Waals surface area (Å²) in [7, 11) is 0. The topological polar surface area (TPSA) is 39.8 Å². The van der Waals surface area contributed by atoms with Crippen molar-refractivity contribution in [2.24, 2.45) is 0 Å². The van der Waals surface area contributed by atoms with Crippen LogP contribution in [-0.2, 0) is 13.1 Å². The van der Waals surface area contributed by atoms with Crippen LogP contribution >= 0.6 is 0 Å². The van der Waals surface area contributed by atoms with E-state index >= 15 is 0 Å². The van der Waals surface area contributed by atoms with Crippen LogP contribution in [0.25, 0.3) is 0 Å².